The molecule has 0 aliphatic carbocycles. The van der Waals surface area contributed by atoms with Gasteiger partial charge in [0.1, 0.15) is 11.8 Å². The number of nitrogens with zero attached hydrogens (tertiary/aromatic N) is 3. The topological polar surface area (TPSA) is 91.8 Å². The molecule has 0 fully saturated rings. The number of nitrogens with one attached hydrogen (secondary N) is 1. The molecule has 2 N–H and O–H groups in total. The molecule has 0 spiro atoms. The van der Waals surface area contributed by atoms with E-state index in [1.54, 1.807) is 12.2 Å². The van der Waals surface area contributed by atoms with E-state index in [1.165, 1.54) is 25.7 Å². The second-order valence-electron chi connectivity index (χ2n) is 3.37. The zero-order valence-corrected chi connectivity index (χ0v) is 9.08. The highest BCUT2D eigenvalue weighted by atomic mass is 16.4. The Morgan fingerprint density at radius 1 is 1.41 bits per heavy atom. The summed E-state index contributed by atoms with van der Waals surface area (Å²) in [5, 5.41) is 8.67. The Kier molecular flexibility index (Phi) is 2.95. The molecule has 2 aromatic rings. The Morgan fingerprint density at radius 2 is 2.24 bits per heavy atom. The Morgan fingerprint density at radius 3 is 3.00 bits per heavy atom. The van der Waals surface area contributed by atoms with E-state index in [0.29, 0.717) is 11.3 Å². The third-order valence-corrected chi connectivity index (χ3v) is 2.19. The van der Waals surface area contributed by atoms with Gasteiger partial charge in [-0.05, 0) is 13.0 Å². The Hall–Kier alpha value is -2.50. The molecule has 2 rings (SSSR count). The van der Waals surface area contributed by atoms with Gasteiger partial charge in [0.05, 0.1) is 12.0 Å². The number of allylic oxidation sites excluding steroid dienone is 2. The van der Waals surface area contributed by atoms with Gasteiger partial charge in [-0.15, -0.1) is 0 Å². The van der Waals surface area contributed by atoms with E-state index in [-0.39, 0.29) is 5.57 Å². The van der Waals surface area contributed by atoms with E-state index in [1.807, 2.05) is 0 Å². The van der Waals surface area contributed by atoms with E-state index in [4.69, 9.17) is 5.11 Å². The van der Waals surface area contributed by atoms with Crippen LogP contribution in [0.2, 0.25) is 0 Å². The number of imidazole rings is 1. The smallest absolute Gasteiger partial charge is 0.331 e. The number of H-pyrrole nitrogens is 1. The van der Waals surface area contributed by atoms with E-state index >= 15 is 0 Å². The number of hydrogen-bond acceptors (Lipinski definition) is 4. The van der Waals surface area contributed by atoms with E-state index in [2.05, 4.69) is 19.9 Å². The van der Waals surface area contributed by atoms with Crippen LogP contribution in [0.3, 0.4) is 0 Å². The van der Waals surface area contributed by atoms with E-state index in [9.17, 15) is 4.79 Å². The number of aliphatic carboxylic acids is 1. The Balaban J connectivity index is 2.30. The third-order valence-electron chi connectivity index (χ3n) is 2.19. The minimum Gasteiger partial charge on any atom is -0.478 e. The summed E-state index contributed by atoms with van der Waals surface area (Å²) < 4.78 is 0. The van der Waals surface area contributed by atoms with Crippen LogP contribution in [0.1, 0.15) is 12.6 Å². The fraction of sp³-hybridized carbons (Fsp3) is 0.0909. The second-order valence-corrected chi connectivity index (χ2v) is 3.37. The van der Waals surface area contributed by atoms with Gasteiger partial charge in [0.2, 0.25) is 0 Å². The van der Waals surface area contributed by atoms with Crippen molar-refractivity contribution in [1.82, 2.24) is 19.9 Å². The maximum Gasteiger partial charge on any atom is 0.331 e. The average molecular weight is 230 g/mol. The standard InChI is InChI=1S/C11H10N4O2/c1-7(11(16)17)3-2-4-8-9-10(14-5-12-8)15-6-13-9/h2-6H,1H3,(H,16,17)(H,12,13,14,15)/b4-2+,7-3+. The molecule has 0 saturated carbocycles. The first-order valence-electron chi connectivity index (χ1n) is 4.91. The molecule has 0 atom stereocenters. The van der Waals surface area contributed by atoms with Gasteiger partial charge in [0, 0.05) is 5.57 Å². The number of hydrogen-bond donors (Lipinski definition) is 2. The van der Waals surface area contributed by atoms with Crippen molar-refractivity contribution in [3.8, 4) is 0 Å². The normalized spacial score (nSPS) is 12.4. The Bertz CT molecular complexity index is 613. The van der Waals surface area contributed by atoms with Crippen LogP contribution in [-0.2, 0) is 4.79 Å². The minimum absolute atomic E-state index is 0.260. The summed E-state index contributed by atoms with van der Waals surface area (Å²) in [7, 11) is 0. The number of aromatic nitrogens is 4. The van der Waals surface area contributed by atoms with Crippen molar-refractivity contribution in [2.45, 2.75) is 6.92 Å². The van der Waals surface area contributed by atoms with Crippen molar-refractivity contribution in [3.63, 3.8) is 0 Å². The van der Waals surface area contributed by atoms with Crippen molar-refractivity contribution < 1.29 is 9.90 Å². The molecule has 0 aliphatic rings. The maximum absolute atomic E-state index is 10.6. The molecule has 6 nitrogen and oxygen atoms in total. The first-order chi connectivity index (χ1) is 8.18. The molecule has 0 bridgehead atoms. The number of fused-ring (bicyclic) bond motifs is 1. The molecule has 0 amide bonds. The molecule has 0 aliphatic heterocycles. The lowest BCUT2D eigenvalue weighted by molar-refractivity contribution is -0.132. The SMILES string of the molecule is C/C(=C\C=C\c1ncnc2nc[nH]c12)C(=O)O. The lowest BCUT2D eigenvalue weighted by Crippen LogP contribution is -1.94. The highest BCUT2D eigenvalue weighted by molar-refractivity contribution is 5.86. The quantitative estimate of drug-likeness (QED) is 0.614. The first kappa shape index (κ1) is 11.0. The zero-order chi connectivity index (χ0) is 12.3. The van der Waals surface area contributed by atoms with Gasteiger partial charge in [0.25, 0.3) is 0 Å². The molecule has 0 unspecified atom stereocenters. The number of carbonyl (C=O) groups is 1. The fourth-order valence-corrected chi connectivity index (χ4v) is 1.26. The lowest BCUT2D eigenvalue weighted by atomic mass is 10.2. The third kappa shape index (κ3) is 2.36. The Labute approximate surface area is 96.7 Å². The van der Waals surface area contributed by atoms with Gasteiger partial charge < -0.3 is 10.1 Å². The van der Waals surface area contributed by atoms with Crippen molar-refractivity contribution in [1.29, 1.82) is 0 Å². The molecular formula is C11H10N4O2. The summed E-state index contributed by atoms with van der Waals surface area (Å²) in [5.41, 5.74) is 2.24. The van der Waals surface area contributed by atoms with Gasteiger partial charge in [-0.25, -0.2) is 19.7 Å². The lowest BCUT2D eigenvalue weighted by Gasteiger charge is -1.93. The molecule has 6 heteroatoms. The van der Waals surface area contributed by atoms with Crippen LogP contribution in [0.25, 0.3) is 17.2 Å². The predicted octanol–water partition coefficient (Wildman–Crippen LogP) is 1.40. The van der Waals surface area contributed by atoms with Gasteiger partial charge in [0.15, 0.2) is 5.65 Å². The first-order valence-corrected chi connectivity index (χ1v) is 4.91. The second kappa shape index (κ2) is 4.56. The highest BCUT2D eigenvalue weighted by Gasteiger charge is 2.01. The largest absolute Gasteiger partial charge is 0.478 e. The summed E-state index contributed by atoms with van der Waals surface area (Å²) in [4.78, 5) is 25.5. The zero-order valence-electron chi connectivity index (χ0n) is 9.08. The number of carboxylic acids is 1. The van der Waals surface area contributed by atoms with E-state index in [0.717, 1.165) is 5.52 Å². The molecule has 0 radical (unpaired) electrons. The van der Waals surface area contributed by atoms with Gasteiger partial charge in [-0.2, -0.15) is 0 Å². The molecule has 0 aromatic carbocycles. The van der Waals surface area contributed by atoms with Crippen molar-refractivity contribution in [2.75, 3.05) is 0 Å². The predicted molar refractivity (Wildman–Crippen MR) is 62.1 cm³/mol. The molecule has 0 saturated heterocycles. The fourth-order valence-electron chi connectivity index (χ4n) is 1.26. The number of rotatable bonds is 3. The summed E-state index contributed by atoms with van der Waals surface area (Å²) in [6.45, 7) is 1.53. The summed E-state index contributed by atoms with van der Waals surface area (Å²) in [5.74, 6) is -0.941. The summed E-state index contributed by atoms with van der Waals surface area (Å²) in [6.07, 6.45) is 7.79. The van der Waals surface area contributed by atoms with Crippen LogP contribution in [0, 0.1) is 0 Å². The molecule has 2 heterocycles. The molecular weight excluding hydrogens is 220 g/mol. The van der Waals surface area contributed by atoms with Crippen molar-refractivity contribution >= 4 is 23.2 Å². The van der Waals surface area contributed by atoms with Crippen LogP contribution in [0.15, 0.2) is 30.4 Å². The van der Waals surface area contributed by atoms with Gasteiger partial charge in [-0.3, -0.25) is 0 Å². The van der Waals surface area contributed by atoms with Gasteiger partial charge in [-0.1, -0.05) is 12.2 Å². The maximum atomic E-state index is 10.6. The minimum atomic E-state index is -0.941. The van der Waals surface area contributed by atoms with Crippen LogP contribution in [0.5, 0.6) is 0 Å². The molecule has 17 heavy (non-hydrogen) atoms. The molecule has 86 valence electrons. The average Bonchev–Trinajstić information content (AvgIpc) is 2.77. The van der Waals surface area contributed by atoms with Crippen LogP contribution >= 0.6 is 0 Å². The number of aromatic amines is 1. The van der Waals surface area contributed by atoms with Crippen LogP contribution < -0.4 is 0 Å². The van der Waals surface area contributed by atoms with Crippen LogP contribution in [-0.4, -0.2) is 31.0 Å². The van der Waals surface area contributed by atoms with Crippen molar-refractivity contribution in [3.05, 3.63) is 36.1 Å². The monoisotopic (exact) mass is 230 g/mol. The summed E-state index contributed by atoms with van der Waals surface area (Å²) >= 11 is 0. The highest BCUT2D eigenvalue weighted by Crippen LogP contribution is 2.10. The van der Waals surface area contributed by atoms with Gasteiger partial charge >= 0.3 is 5.97 Å². The van der Waals surface area contributed by atoms with Crippen molar-refractivity contribution in [2.24, 2.45) is 0 Å². The van der Waals surface area contributed by atoms with Crippen LogP contribution in [0.4, 0.5) is 0 Å². The number of carboxylic acid groups (broad SMARTS) is 1. The molecule has 2 aromatic heterocycles. The summed E-state index contributed by atoms with van der Waals surface area (Å²) in [6, 6.07) is 0. The van der Waals surface area contributed by atoms with E-state index < -0.39 is 5.97 Å².